The standard InChI is InChI=1S/C24H21N3O5/c25-22(13-15-9-11-16(12-10-15)27(30)31)23(28)26-24(29)32-14-21-19-7-3-1-5-17(19)18-6-2-4-8-20(18)21/h1-12,21-22H,13-14,25H2,(H,26,28,29)/t22-/m0/s1. The number of hydrogen-bond donors (Lipinski definition) is 2. The van der Waals surface area contributed by atoms with Gasteiger partial charge < -0.3 is 10.5 Å². The number of nitrogens with zero attached hydrogens (tertiary/aromatic N) is 1. The number of nitro benzene ring substituents is 1. The van der Waals surface area contributed by atoms with E-state index in [4.69, 9.17) is 10.5 Å². The number of imide groups is 1. The van der Waals surface area contributed by atoms with Crippen LogP contribution in [0.15, 0.2) is 72.8 Å². The van der Waals surface area contributed by atoms with Gasteiger partial charge in [-0.25, -0.2) is 4.79 Å². The number of amides is 2. The number of fused-ring (bicyclic) bond motifs is 3. The molecule has 1 aliphatic rings. The Morgan fingerprint density at radius 3 is 2.09 bits per heavy atom. The Morgan fingerprint density at radius 1 is 0.969 bits per heavy atom. The van der Waals surface area contributed by atoms with Crippen LogP contribution in [0, 0.1) is 10.1 Å². The van der Waals surface area contributed by atoms with Gasteiger partial charge in [-0.05, 0) is 34.2 Å². The molecule has 4 rings (SSSR count). The summed E-state index contributed by atoms with van der Waals surface area (Å²) in [6.45, 7) is 0.0880. The van der Waals surface area contributed by atoms with E-state index >= 15 is 0 Å². The highest BCUT2D eigenvalue weighted by molar-refractivity contribution is 5.95. The molecule has 32 heavy (non-hydrogen) atoms. The second kappa shape index (κ2) is 8.99. The number of non-ortho nitro benzene ring substituents is 1. The van der Waals surface area contributed by atoms with Crippen LogP contribution in [-0.2, 0) is 16.0 Å². The number of ether oxygens (including phenoxy) is 1. The Morgan fingerprint density at radius 2 is 1.53 bits per heavy atom. The molecule has 1 atom stereocenters. The van der Waals surface area contributed by atoms with Crippen LogP contribution in [0.4, 0.5) is 10.5 Å². The van der Waals surface area contributed by atoms with E-state index in [1.54, 1.807) is 0 Å². The molecule has 0 saturated heterocycles. The molecule has 8 nitrogen and oxygen atoms in total. The van der Waals surface area contributed by atoms with E-state index in [2.05, 4.69) is 5.32 Å². The molecular formula is C24H21N3O5. The minimum atomic E-state index is -1.00. The van der Waals surface area contributed by atoms with E-state index < -0.39 is 23.0 Å². The van der Waals surface area contributed by atoms with Gasteiger partial charge in [-0.15, -0.1) is 0 Å². The van der Waals surface area contributed by atoms with Crippen LogP contribution in [0.3, 0.4) is 0 Å². The smallest absolute Gasteiger partial charge is 0.413 e. The zero-order valence-electron chi connectivity index (χ0n) is 17.1. The van der Waals surface area contributed by atoms with Crippen molar-refractivity contribution in [3.05, 3.63) is 99.6 Å². The maximum atomic E-state index is 12.3. The third kappa shape index (κ3) is 4.35. The van der Waals surface area contributed by atoms with Gasteiger partial charge in [-0.2, -0.15) is 0 Å². The Labute approximate surface area is 184 Å². The summed E-state index contributed by atoms with van der Waals surface area (Å²) in [7, 11) is 0. The lowest BCUT2D eigenvalue weighted by atomic mass is 9.98. The van der Waals surface area contributed by atoms with Crippen LogP contribution >= 0.6 is 0 Å². The number of carbonyl (C=O) groups excluding carboxylic acids is 2. The first kappa shape index (κ1) is 21.2. The number of benzene rings is 3. The molecule has 0 aliphatic heterocycles. The Kier molecular flexibility index (Phi) is 5.96. The molecule has 0 unspecified atom stereocenters. The predicted molar refractivity (Wildman–Crippen MR) is 118 cm³/mol. The number of nitrogens with two attached hydrogens (primary N) is 1. The van der Waals surface area contributed by atoms with E-state index in [-0.39, 0.29) is 24.6 Å². The predicted octanol–water partition coefficient (Wildman–Crippen LogP) is 3.53. The minimum Gasteiger partial charge on any atom is -0.448 e. The molecule has 0 bridgehead atoms. The highest BCUT2D eigenvalue weighted by Gasteiger charge is 2.29. The molecule has 0 spiro atoms. The van der Waals surface area contributed by atoms with Crippen LogP contribution in [-0.4, -0.2) is 29.6 Å². The van der Waals surface area contributed by atoms with Crippen LogP contribution in [0.5, 0.6) is 0 Å². The fourth-order valence-corrected chi connectivity index (χ4v) is 3.93. The van der Waals surface area contributed by atoms with Gasteiger partial charge in [0.25, 0.3) is 5.69 Å². The zero-order valence-corrected chi connectivity index (χ0v) is 17.1. The first-order valence-electron chi connectivity index (χ1n) is 10.1. The summed E-state index contributed by atoms with van der Waals surface area (Å²) in [5.74, 6) is -0.794. The Hall–Kier alpha value is -4.04. The van der Waals surface area contributed by atoms with Crippen molar-refractivity contribution in [3.8, 4) is 11.1 Å². The highest BCUT2D eigenvalue weighted by atomic mass is 16.6. The molecular weight excluding hydrogens is 410 g/mol. The third-order valence-corrected chi connectivity index (χ3v) is 5.51. The van der Waals surface area contributed by atoms with E-state index in [0.29, 0.717) is 5.56 Å². The Bertz CT molecular complexity index is 1130. The quantitative estimate of drug-likeness (QED) is 0.454. The van der Waals surface area contributed by atoms with Crippen LogP contribution in [0.2, 0.25) is 0 Å². The summed E-state index contributed by atoms with van der Waals surface area (Å²) in [6, 6.07) is 20.6. The summed E-state index contributed by atoms with van der Waals surface area (Å²) >= 11 is 0. The first-order chi connectivity index (χ1) is 15.4. The molecule has 0 radical (unpaired) electrons. The maximum absolute atomic E-state index is 12.3. The van der Waals surface area contributed by atoms with Gasteiger partial charge in [-0.1, -0.05) is 60.7 Å². The summed E-state index contributed by atoms with van der Waals surface area (Å²) in [5, 5.41) is 12.9. The van der Waals surface area contributed by atoms with E-state index in [1.165, 1.54) is 24.3 Å². The first-order valence-corrected chi connectivity index (χ1v) is 10.1. The summed E-state index contributed by atoms with van der Waals surface area (Å²) in [4.78, 5) is 34.7. The maximum Gasteiger partial charge on any atom is 0.413 e. The minimum absolute atomic E-state index is 0.0505. The molecule has 0 saturated carbocycles. The topological polar surface area (TPSA) is 125 Å². The van der Waals surface area contributed by atoms with Crippen molar-refractivity contribution in [3.63, 3.8) is 0 Å². The molecule has 0 fully saturated rings. The average Bonchev–Trinajstić information content (AvgIpc) is 3.12. The molecule has 0 aromatic heterocycles. The normalized spacial score (nSPS) is 13.0. The summed E-state index contributed by atoms with van der Waals surface area (Å²) in [5.41, 5.74) is 10.8. The molecule has 3 aromatic rings. The van der Waals surface area contributed by atoms with Gasteiger partial charge in [-0.3, -0.25) is 20.2 Å². The van der Waals surface area contributed by atoms with E-state index in [0.717, 1.165) is 22.3 Å². The average molecular weight is 431 g/mol. The molecule has 1 aliphatic carbocycles. The SMILES string of the molecule is N[C@@H](Cc1ccc([N+](=O)[O-])cc1)C(=O)NC(=O)OCC1c2ccccc2-c2ccccc21. The lowest BCUT2D eigenvalue weighted by Crippen LogP contribution is -2.45. The fourth-order valence-electron chi connectivity index (χ4n) is 3.93. The number of hydrogen-bond acceptors (Lipinski definition) is 6. The largest absolute Gasteiger partial charge is 0.448 e. The van der Waals surface area contributed by atoms with Gasteiger partial charge in [0.15, 0.2) is 0 Å². The van der Waals surface area contributed by atoms with Gasteiger partial charge in [0.2, 0.25) is 5.91 Å². The second-order valence-corrected chi connectivity index (χ2v) is 7.55. The summed E-state index contributed by atoms with van der Waals surface area (Å²) < 4.78 is 5.35. The van der Waals surface area contributed by atoms with E-state index in [1.807, 2.05) is 48.5 Å². The lowest BCUT2D eigenvalue weighted by molar-refractivity contribution is -0.384. The third-order valence-electron chi connectivity index (χ3n) is 5.51. The van der Waals surface area contributed by atoms with Crippen LogP contribution in [0.1, 0.15) is 22.6 Å². The van der Waals surface area contributed by atoms with Crippen LogP contribution < -0.4 is 11.1 Å². The molecule has 2 amide bonds. The number of nitro groups is 1. The number of carbonyl (C=O) groups is 2. The lowest BCUT2D eigenvalue weighted by Gasteiger charge is -2.15. The van der Waals surface area contributed by atoms with Crippen molar-refractivity contribution in [1.82, 2.24) is 5.32 Å². The van der Waals surface area contributed by atoms with Crippen molar-refractivity contribution in [2.45, 2.75) is 18.4 Å². The van der Waals surface area contributed by atoms with Crippen molar-refractivity contribution in [1.29, 1.82) is 0 Å². The van der Waals surface area contributed by atoms with Crippen molar-refractivity contribution in [2.75, 3.05) is 6.61 Å². The number of rotatable bonds is 6. The molecule has 0 heterocycles. The number of alkyl carbamates (subject to hydrolysis) is 1. The second-order valence-electron chi connectivity index (χ2n) is 7.55. The van der Waals surface area contributed by atoms with Gasteiger partial charge in [0.1, 0.15) is 6.61 Å². The van der Waals surface area contributed by atoms with Gasteiger partial charge in [0, 0.05) is 18.1 Å². The Balaban J connectivity index is 1.34. The monoisotopic (exact) mass is 431 g/mol. The highest BCUT2D eigenvalue weighted by Crippen LogP contribution is 2.44. The van der Waals surface area contributed by atoms with E-state index in [9.17, 15) is 19.7 Å². The molecule has 3 aromatic carbocycles. The van der Waals surface area contributed by atoms with Gasteiger partial charge >= 0.3 is 6.09 Å². The molecule has 3 N–H and O–H groups in total. The molecule has 8 heteroatoms. The van der Waals surface area contributed by atoms with Crippen LogP contribution in [0.25, 0.3) is 11.1 Å². The van der Waals surface area contributed by atoms with Crippen molar-refractivity contribution in [2.24, 2.45) is 5.73 Å². The van der Waals surface area contributed by atoms with Crippen molar-refractivity contribution < 1.29 is 19.2 Å². The summed E-state index contributed by atoms with van der Waals surface area (Å²) in [6.07, 6.45) is -0.739. The molecule has 162 valence electrons. The van der Waals surface area contributed by atoms with Gasteiger partial charge in [0.05, 0.1) is 11.0 Å². The zero-order chi connectivity index (χ0) is 22.7. The fraction of sp³-hybridized carbons (Fsp3) is 0.167. The van der Waals surface area contributed by atoms with Crippen molar-refractivity contribution >= 4 is 17.7 Å². The number of nitrogens with one attached hydrogen (secondary N) is 1.